The summed E-state index contributed by atoms with van der Waals surface area (Å²) in [6.45, 7) is -3.36. The molecule has 0 aromatic heterocycles. The van der Waals surface area contributed by atoms with E-state index in [1.54, 1.807) is 0 Å². The van der Waals surface area contributed by atoms with Crippen molar-refractivity contribution >= 4 is 30.2 Å². The molecule has 9 rings (SSSR count). The van der Waals surface area contributed by atoms with Gasteiger partial charge in [-0.3, -0.25) is 0 Å². The van der Waals surface area contributed by atoms with Crippen LogP contribution in [0.2, 0.25) is 0 Å². The molecule has 0 aliphatic carbocycles. The fourth-order valence-electron chi connectivity index (χ4n) is 9.64. The van der Waals surface area contributed by atoms with E-state index in [2.05, 4.69) is 0 Å². The molecule has 5 aliphatic rings. The third-order valence-electron chi connectivity index (χ3n) is 14.7. The number of hydrogen-bond acceptors (Lipinski definition) is 31. The van der Waals surface area contributed by atoms with E-state index in [1.165, 1.54) is 60.7 Å². The van der Waals surface area contributed by atoms with E-state index in [9.17, 15) is 102 Å². The topological polar surface area (TPSA) is 500 Å². The number of rotatable bonds is 19. The Morgan fingerprint density at radius 1 is 0.455 bits per heavy atom. The average molecular weight is 1250 g/mol. The summed E-state index contributed by atoms with van der Waals surface area (Å²) in [5.41, 5.74) is 0.377. The molecule has 0 amide bonds. The number of ether oxygens (including phenoxy) is 11. The first-order valence-electron chi connectivity index (χ1n) is 27.0. The van der Waals surface area contributed by atoms with E-state index in [0.29, 0.717) is 11.1 Å². The van der Waals surface area contributed by atoms with E-state index in [0.717, 1.165) is 42.5 Å². The Balaban J connectivity index is 1.07. The van der Waals surface area contributed by atoms with Crippen LogP contribution < -0.4 is 18.9 Å². The summed E-state index contributed by atoms with van der Waals surface area (Å²) in [6.07, 6.45) is -34.8. The predicted octanol–water partition coefficient (Wildman–Crippen LogP) is -4.14. The summed E-state index contributed by atoms with van der Waals surface area (Å²) in [5, 5.41) is 193. The van der Waals surface area contributed by atoms with Crippen LogP contribution >= 0.6 is 0 Å². The number of aliphatic hydroxyl groups is 14. The first-order chi connectivity index (χ1) is 41.9. The van der Waals surface area contributed by atoms with Gasteiger partial charge in [-0.25, -0.2) is 9.59 Å². The van der Waals surface area contributed by atoms with Crippen molar-refractivity contribution in [3.8, 4) is 46.0 Å². The maximum Gasteiger partial charge on any atom is 0.330 e. The Labute approximate surface area is 496 Å². The second-order valence-corrected chi connectivity index (χ2v) is 20.8. The summed E-state index contributed by atoms with van der Waals surface area (Å²) in [5.74, 6) is -6.63. The molecule has 4 aromatic rings. The van der Waals surface area contributed by atoms with E-state index in [4.69, 9.17) is 52.1 Å². The van der Waals surface area contributed by atoms with Crippen LogP contribution in [0.1, 0.15) is 28.4 Å². The molecule has 4 saturated heterocycles. The minimum absolute atomic E-state index is 0.0403. The van der Waals surface area contributed by atoms with Crippen molar-refractivity contribution in [1.29, 1.82) is 0 Å². The van der Waals surface area contributed by atoms with Gasteiger partial charge in [0.05, 0.1) is 18.8 Å². The van der Waals surface area contributed by atoms with Crippen LogP contribution in [0.5, 0.6) is 46.0 Å². The van der Waals surface area contributed by atoms with E-state index >= 15 is 0 Å². The number of carbonyl (C=O) groups is 2. The molecule has 31 heteroatoms. The molecule has 4 aromatic carbocycles. The van der Waals surface area contributed by atoms with Gasteiger partial charge in [0, 0.05) is 29.8 Å². The highest BCUT2D eigenvalue weighted by Gasteiger charge is 2.50. The van der Waals surface area contributed by atoms with E-state index < -0.39 is 196 Å². The molecular weight excluding hydrogens is 1180 g/mol. The number of aromatic hydroxyl groups is 4. The molecular formula is C57H64O31. The lowest BCUT2D eigenvalue weighted by molar-refractivity contribution is -0.293. The van der Waals surface area contributed by atoms with Crippen LogP contribution in [-0.2, 0) is 42.7 Å². The highest BCUT2D eigenvalue weighted by atomic mass is 16.7. The van der Waals surface area contributed by atoms with Gasteiger partial charge >= 0.3 is 11.9 Å². The number of esters is 2. The van der Waals surface area contributed by atoms with E-state index in [1.807, 2.05) is 0 Å². The maximum atomic E-state index is 12.8. The fraction of sp³-hybridized carbons (Fsp3) is 0.439. The monoisotopic (exact) mass is 1240 g/mol. The Morgan fingerprint density at radius 3 is 1.26 bits per heavy atom. The number of phenolic OH excluding ortho intramolecular Hbond substituents is 4. The summed E-state index contributed by atoms with van der Waals surface area (Å²) in [6, 6.07) is 15.4. The molecule has 4 fully saturated rings. The second-order valence-electron chi connectivity index (χ2n) is 20.8. The molecule has 478 valence electrons. The molecule has 31 nitrogen and oxygen atoms in total. The van der Waals surface area contributed by atoms with Crippen molar-refractivity contribution in [2.75, 3.05) is 26.4 Å². The smallest absolute Gasteiger partial charge is 0.330 e. The third-order valence-corrected chi connectivity index (χ3v) is 14.7. The van der Waals surface area contributed by atoms with Gasteiger partial charge in [0.25, 0.3) is 0 Å². The van der Waals surface area contributed by atoms with Crippen LogP contribution in [0.15, 0.2) is 90.7 Å². The summed E-state index contributed by atoms with van der Waals surface area (Å²) >= 11 is 0. The zero-order valence-corrected chi connectivity index (χ0v) is 45.6. The number of carbonyl (C=O) groups excluding carboxylic acids is 2. The van der Waals surface area contributed by atoms with Gasteiger partial charge in [0.15, 0.2) is 17.6 Å². The molecule has 0 spiro atoms. The number of benzene rings is 4. The lowest BCUT2D eigenvalue weighted by atomic mass is 9.98. The molecule has 5 aliphatic heterocycles. The normalized spacial score (nSPS) is 34.0. The quantitative estimate of drug-likeness (QED) is 0.0313. The van der Waals surface area contributed by atoms with Crippen LogP contribution in [0.3, 0.4) is 0 Å². The Bertz CT molecular complexity index is 3010. The lowest BCUT2D eigenvalue weighted by Gasteiger charge is -2.41. The molecule has 88 heavy (non-hydrogen) atoms. The number of aliphatic hydroxyl groups excluding tert-OH is 14. The van der Waals surface area contributed by atoms with Gasteiger partial charge in [-0.15, -0.1) is 0 Å². The second kappa shape index (κ2) is 27.9. The fourth-order valence-corrected chi connectivity index (χ4v) is 9.64. The lowest BCUT2D eigenvalue weighted by Crippen LogP contribution is -2.60. The standard InChI is InChI=1S/C57H64O31/c58-18-34-41(66)45(70)49(74)54(85-34)80-27-15-29(62)28-17-33(84-57-50(75)46(71)42(67)35(19-59)86-57)53(81-30(28)16-27)24-13-31(82-55-51(76)47(72)43(68)36(87-55)20-78-38(63)11-5-22-1-7-25(60)8-2-22)40(65)32(14-24)83-56-52(77)48(73)44(69)37(88-56)21-79-39(64)12-6-23-3-9-26(61)10-4-23/h1-17,34-37,41-62,65-77H,18-21H2. The van der Waals surface area contributed by atoms with Gasteiger partial charge in [-0.05, 0) is 65.8 Å². The first kappa shape index (κ1) is 65.0. The average Bonchev–Trinajstić information content (AvgIpc) is 1.49. The summed E-state index contributed by atoms with van der Waals surface area (Å²) in [7, 11) is 0. The van der Waals surface area contributed by atoms with Crippen molar-refractivity contribution in [3.63, 3.8) is 0 Å². The predicted molar refractivity (Wildman–Crippen MR) is 288 cm³/mol. The van der Waals surface area contributed by atoms with Crippen molar-refractivity contribution in [3.05, 3.63) is 113 Å². The Morgan fingerprint density at radius 2 is 0.841 bits per heavy atom. The summed E-state index contributed by atoms with van der Waals surface area (Å²) < 4.78 is 63.4. The van der Waals surface area contributed by atoms with Gasteiger partial charge in [-0.1, -0.05) is 24.3 Å². The van der Waals surface area contributed by atoms with Crippen LogP contribution in [-0.4, -0.2) is 253 Å². The molecule has 18 N–H and O–H groups in total. The highest BCUT2D eigenvalue weighted by molar-refractivity contribution is 5.87. The third kappa shape index (κ3) is 14.5. The van der Waals surface area contributed by atoms with Crippen molar-refractivity contribution in [2.24, 2.45) is 0 Å². The minimum atomic E-state index is -2.20. The van der Waals surface area contributed by atoms with Gasteiger partial charge < -0.3 is 144 Å². The molecule has 0 bridgehead atoms. The van der Waals surface area contributed by atoms with Crippen molar-refractivity contribution in [1.82, 2.24) is 0 Å². The Hall–Kier alpha value is -7.48. The van der Waals surface area contributed by atoms with Crippen molar-refractivity contribution < 1.29 is 154 Å². The van der Waals surface area contributed by atoms with Crippen LogP contribution in [0, 0.1) is 0 Å². The van der Waals surface area contributed by atoms with Gasteiger partial charge in [0.1, 0.15) is 145 Å². The highest BCUT2D eigenvalue weighted by Crippen LogP contribution is 2.49. The molecule has 5 heterocycles. The van der Waals surface area contributed by atoms with Crippen molar-refractivity contribution in [2.45, 2.75) is 129 Å². The van der Waals surface area contributed by atoms with Crippen LogP contribution in [0.4, 0.5) is 0 Å². The largest absolute Gasteiger partial charge is 0.508 e. The van der Waals surface area contributed by atoms with Gasteiger partial charge in [-0.2, -0.15) is 0 Å². The van der Waals surface area contributed by atoms with E-state index in [-0.39, 0.29) is 34.1 Å². The minimum Gasteiger partial charge on any atom is -0.508 e. The molecule has 0 radical (unpaired) electrons. The van der Waals surface area contributed by atoms with Crippen LogP contribution in [0.25, 0.3) is 18.2 Å². The zero-order valence-electron chi connectivity index (χ0n) is 45.6. The summed E-state index contributed by atoms with van der Waals surface area (Å²) in [4.78, 5) is 25.6. The molecule has 21 unspecified atom stereocenters. The molecule has 0 saturated carbocycles. The maximum absolute atomic E-state index is 12.8. The number of hydrogen-bond donors (Lipinski definition) is 18. The molecule has 21 atom stereocenters. The number of fused-ring (bicyclic) bond motifs is 1. The first-order valence-corrected chi connectivity index (χ1v) is 27.0. The SMILES string of the molecule is O=C(C=Cc1ccc(O)cc1)OCC1OC(Oc2cc(C3Oc4cc(OC5OC(CO)C(O)C(O)C5O)cc(O)c4C=C3OC3OC(CO)C(O)C(O)C3O)cc(OC3OC(COC(=O)C=Cc4ccc(O)cc4)C(O)C(O)C3O)c2O)C(O)C(O)C1O. The Kier molecular flexibility index (Phi) is 20.6. The number of phenols is 4. The van der Waals surface area contributed by atoms with Gasteiger partial charge in [0.2, 0.25) is 30.9 Å². The zero-order chi connectivity index (χ0) is 63.4.